The number of hydrogen-bond acceptors (Lipinski definition) is 6. The van der Waals surface area contributed by atoms with E-state index in [4.69, 9.17) is 4.74 Å². The molecule has 0 aliphatic carbocycles. The van der Waals surface area contributed by atoms with Gasteiger partial charge in [0.25, 0.3) is 5.56 Å². The molecule has 0 unspecified atom stereocenters. The summed E-state index contributed by atoms with van der Waals surface area (Å²) in [5.74, 6) is 1.21. The number of ether oxygens (including phenoxy) is 1. The maximum absolute atomic E-state index is 12.5. The molecule has 0 aliphatic rings. The van der Waals surface area contributed by atoms with Gasteiger partial charge in [0.05, 0.1) is 5.52 Å². The highest BCUT2D eigenvalue weighted by Crippen LogP contribution is 2.31. The third-order valence-corrected chi connectivity index (χ3v) is 5.25. The largest absolute Gasteiger partial charge is 0.486 e. The minimum Gasteiger partial charge on any atom is -0.486 e. The van der Waals surface area contributed by atoms with E-state index in [0.717, 1.165) is 22.4 Å². The van der Waals surface area contributed by atoms with Gasteiger partial charge in [-0.25, -0.2) is 9.97 Å². The number of nitrogens with zero attached hydrogens (tertiary/aromatic N) is 6. The Labute approximate surface area is 183 Å². The molecule has 4 aromatic heterocycles. The lowest BCUT2D eigenvalue weighted by atomic mass is 10.0. The van der Waals surface area contributed by atoms with Crippen LogP contribution in [-0.4, -0.2) is 29.3 Å². The first-order chi connectivity index (χ1) is 15.6. The monoisotopic (exact) mass is 423 g/mol. The molecule has 5 rings (SSSR count). The molecule has 5 aromatic rings. The molecule has 0 atom stereocenters. The third kappa shape index (κ3) is 3.62. The number of fused-ring (bicyclic) bond motifs is 1. The molecule has 0 saturated carbocycles. The molecule has 0 bridgehead atoms. The van der Waals surface area contributed by atoms with Gasteiger partial charge in [0.15, 0.2) is 5.52 Å². The number of benzene rings is 1. The Morgan fingerprint density at radius 2 is 1.72 bits per heavy atom. The van der Waals surface area contributed by atoms with Gasteiger partial charge in [0, 0.05) is 50.0 Å². The maximum Gasteiger partial charge on any atom is 0.279 e. The molecular weight excluding hydrogens is 403 g/mol. The van der Waals surface area contributed by atoms with Gasteiger partial charge in [0.1, 0.15) is 23.9 Å². The van der Waals surface area contributed by atoms with Gasteiger partial charge < -0.3 is 4.74 Å². The fourth-order valence-electron chi connectivity index (χ4n) is 3.57. The van der Waals surface area contributed by atoms with Gasteiger partial charge in [-0.05, 0) is 54.1 Å². The minimum absolute atomic E-state index is 0.168. The van der Waals surface area contributed by atoms with Crippen molar-refractivity contribution in [2.24, 2.45) is 14.1 Å². The number of aryl methyl sites for hydroxylation is 1. The highest BCUT2D eigenvalue weighted by atomic mass is 16.5. The first kappa shape index (κ1) is 19.6. The first-order valence-electron chi connectivity index (χ1n) is 10.1. The summed E-state index contributed by atoms with van der Waals surface area (Å²) in [4.78, 5) is 25.2. The lowest BCUT2D eigenvalue weighted by Gasteiger charge is -2.11. The van der Waals surface area contributed by atoms with Crippen molar-refractivity contribution in [2.45, 2.75) is 6.61 Å². The molecular formula is C24H20N6O2. The van der Waals surface area contributed by atoms with E-state index >= 15 is 0 Å². The fourth-order valence-corrected chi connectivity index (χ4v) is 3.57. The van der Waals surface area contributed by atoms with Crippen LogP contribution in [0.2, 0.25) is 0 Å². The smallest absolute Gasteiger partial charge is 0.279 e. The van der Waals surface area contributed by atoms with E-state index in [1.165, 1.54) is 4.57 Å². The van der Waals surface area contributed by atoms with Crippen LogP contribution in [0.5, 0.6) is 5.75 Å². The lowest BCUT2D eigenvalue weighted by Crippen LogP contribution is -2.24. The van der Waals surface area contributed by atoms with Crippen molar-refractivity contribution in [2.75, 3.05) is 0 Å². The molecule has 8 nitrogen and oxygen atoms in total. The quantitative estimate of drug-likeness (QED) is 0.431. The van der Waals surface area contributed by atoms with Crippen molar-refractivity contribution >= 4 is 11.0 Å². The van der Waals surface area contributed by atoms with Crippen LogP contribution in [0, 0.1) is 0 Å². The summed E-state index contributed by atoms with van der Waals surface area (Å²) in [6.45, 7) is 0.168. The van der Waals surface area contributed by atoms with Crippen molar-refractivity contribution in [3.05, 3.63) is 89.5 Å². The summed E-state index contributed by atoms with van der Waals surface area (Å²) in [7, 11) is 3.58. The Bertz CT molecular complexity index is 1460. The molecule has 0 N–H and O–H groups in total. The Morgan fingerprint density at radius 1 is 0.938 bits per heavy atom. The van der Waals surface area contributed by atoms with Crippen molar-refractivity contribution < 1.29 is 4.74 Å². The first-order valence-corrected chi connectivity index (χ1v) is 10.1. The summed E-state index contributed by atoms with van der Waals surface area (Å²) in [5.41, 5.74) is 4.67. The maximum atomic E-state index is 12.5. The van der Waals surface area contributed by atoms with Crippen LogP contribution in [0.25, 0.3) is 33.4 Å². The Hall–Kier alpha value is -4.33. The lowest BCUT2D eigenvalue weighted by molar-refractivity contribution is 0.290. The van der Waals surface area contributed by atoms with Crippen molar-refractivity contribution in [1.82, 2.24) is 29.3 Å². The molecule has 8 heteroatoms. The fraction of sp³-hybridized carbons (Fsp3) is 0.125. The average Bonchev–Trinajstić information content (AvgIpc) is 3.23. The second-order valence-electron chi connectivity index (χ2n) is 7.38. The molecule has 0 amide bonds. The second-order valence-corrected chi connectivity index (χ2v) is 7.38. The van der Waals surface area contributed by atoms with Crippen LogP contribution in [0.3, 0.4) is 0 Å². The minimum atomic E-state index is -0.191. The van der Waals surface area contributed by atoms with Crippen LogP contribution in [0.1, 0.15) is 5.82 Å². The number of aromatic nitrogens is 6. The van der Waals surface area contributed by atoms with Crippen LogP contribution >= 0.6 is 0 Å². The summed E-state index contributed by atoms with van der Waals surface area (Å²) >= 11 is 0. The van der Waals surface area contributed by atoms with Gasteiger partial charge in [-0.15, -0.1) is 0 Å². The molecule has 4 heterocycles. The normalized spacial score (nSPS) is 11.1. The Balaban J connectivity index is 1.39. The van der Waals surface area contributed by atoms with Gasteiger partial charge >= 0.3 is 0 Å². The average molecular weight is 423 g/mol. The zero-order valence-corrected chi connectivity index (χ0v) is 17.6. The number of pyridine rings is 2. The summed E-state index contributed by atoms with van der Waals surface area (Å²) in [6, 6.07) is 15.2. The molecule has 0 fully saturated rings. The molecule has 0 spiro atoms. The molecule has 158 valence electrons. The Morgan fingerprint density at radius 3 is 2.50 bits per heavy atom. The molecule has 0 saturated heterocycles. The number of hydrogen-bond donors (Lipinski definition) is 0. The van der Waals surface area contributed by atoms with E-state index in [2.05, 4.69) is 20.1 Å². The summed E-state index contributed by atoms with van der Waals surface area (Å²) in [6.07, 6.45) is 7.13. The van der Waals surface area contributed by atoms with Crippen LogP contribution in [0.4, 0.5) is 0 Å². The Kier molecular flexibility index (Phi) is 4.95. The molecule has 1 aromatic carbocycles. The van der Waals surface area contributed by atoms with Gasteiger partial charge in [0.2, 0.25) is 0 Å². The van der Waals surface area contributed by atoms with Gasteiger partial charge in [-0.3, -0.25) is 19.0 Å². The summed E-state index contributed by atoms with van der Waals surface area (Å²) in [5, 5.41) is 4.63. The zero-order chi connectivity index (χ0) is 22.1. The van der Waals surface area contributed by atoms with Crippen molar-refractivity contribution in [3.63, 3.8) is 0 Å². The highest BCUT2D eigenvalue weighted by Gasteiger charge is 2.13. The third-order valence-electron chi connectivity index (χ3n) is 5.25. The van der Waals surface area contributed by atoms with E-state index in [1.54, 1.807) is 42.5 Å². The SMILES string of the molecule is Cn1c(COc2ccc(-c3nn([11CH3])cc3-c3ccncc3)cc2)nc2cccnc2c1=O. The number of rotatable bonds is 5. The zero-order valence-electron chi connectivity index (χ0n) is 17.6. The van der Waals surface area contributed by atoms with E-state index < -0.39 is 0 Å². The van der Waals surface area contributed by atoms with Gasteiger partial charge in [-0.2, -0.15) is 5.10 Å². The standard InChI is InChI=1S/C24H20N6O2/c1-29-14-19(16-9-12-25-13-10-16)22(28-29)17-5-7-18(8-6-17)32-15-21-27-20-4-3-11-26-23(20)24(31)30(21)2/h3-14H,15H2,1-2H3/i1-1. The van der Waals surface area contributed by atoms with E-state index in [1.807, 2.05) is 49.6 Å². The van der Waals surface area contributed by atoms with Crippen LogP contribution in [0.15, 0.2) is 78.1 Å². The molecule has 32 heavy (non-hydrogen) atoms. The topological polar surface area (TPSA) is 87.7 Å². The van der Waals surface area contributed by atoms with Crippen LogP contribution in [-0.2, 0) is 20.7 Å². The molecule has 0 aliphatic heterocycles. The van der Waals surface area contributed by atoms with Crippen molar-refractivity contribution in [3.8, 4) is 28.1 Å². The van der Waals surface area contributed by atoms with E-state index in [9.17, 15) is 4.79 Å². The molecule has 0 radical (unpaired) electrons. The highest BCUT2D eigenvalue weighted by molar-refractivity contribution is 5.80. The van der Waals surface area contributed by atoms with Crippen LogP contribution < -0.4 is 10.3 Å². The van der Waals surface area contributed by atoms with E-state index in [-0.39, 0.29) is 12.2 Å². The van der Waals surface area contributed by atoms with Gasteiger partial charge in [-0.1, -0.05) is 0 Å². The second kappa shape index (κ2) is 8.07. The summed E-state index contributed by atoms with van der Waals surface area (Å²) < 4.78 is 9.18. The van der Waals surface area contributed by atoms with E-state index in [0.29, 0.717) is 22.6 Å². The predicted molar refractivity (Wildman–Crippen MR) is 121 cm³/mol. The van der Waals surface area contributed by atoms with Crippen molar-refractivity contribution in [1.29, 1.82) is 0 Å². The predicted octanol–water partition coefficient (Wildman–Crippen LogP) is 3.37.